The van der Waals surface area contributed by atoms with Gasteiger partial charge in [-0.1, -0.05) is 0 Å². The Labute approximate surface area is 140 Å². The standard InChI is InChI=1S/C15H24BrN5O/c1-4-17-15(18-8-14(22)19-12-5-6-12)21(3)10-13-7-11(16)9-20(13)2/h7,9,12H,4-6,8,10H2,1-3H3,(H,17,18)(H,19,22). The number of guanidine groups is 1. The molecule has 0 aromatic carbocycles. The van der Waals surface area contributed by atoms with Crippen molar-refractivity contribution in [2.24, 2.45) is 12.0 Å². The van der Waals surface area contributed by atoms with Crippen LogP contribution >= 0.6 is 15.9 Å². The van der Waals surface area contributed by atoms with Crippen LogP contribution in [-0.4, -0.2) is 47.5 Å². The number of hydrogen-bond donors (Lipinski definition) is 2. The lowest BCUT2D eigenvalue weighted by Crippen LogP contribution is -2.40. The fourth-order valence-electron chi connectivity index (χ4n) is 2.16. The number of hydrogen-bond acceptors (Lipinski definition) is 2. The van der Waals surface area contributed by atoms with E-state index in [-0.39, 0.29) is 12.5 Å². The van der Waals surface area contributed by atoms with Crippen molar-refractivity contribution >= 4 is 27.8 Å². The molecule has 1 aliphatic rings. The predicted molar refractivity (Wildman–Crippen MR) is 91.7 cm³/mol. The molecule has 1 saturated carbocycles. The van der Waals surface area contributed by atoms with Gasteiger partial charge in [-0.15, -0.1) is 0 Å². The van der Waals surface area contributed by atoms with Crippen LogP contribution in [0, 0.1) is 0 Å². The van der Waals surface area contributed by atoms with Crippen LogP contribution in [0.1, 0.15) is 25.5 Å². The van der Waals surface area contributed by atoms with Gasteiger partial charge in [-0.25, -0.2) is 4.99 Å². The van der Waals surface area contributed by atoms with Crippen molar-refractivity contribution in [2.45, 2.75) is 32.4 Å². The zero-order valence-corrected chi connectivity index (χ0v) is 15.0. The molecule has 0 bridgehead atoms. The average molecular weight is 370 g/mol. The number of nitrogens with one attached hydrogen (secondary N) is 2. The zero-order valence-electron chi connectivity index (χ0n) is 13.4. The number of aromatic nitrogens is 1. The molecule has 1 aromatic heterocycles. The SMILES string of the molecule is CCNC(=NCC(=O)NC1CC1)N(C)Cc1cc(Br)cn1C. The summed E-state index contributed by atoms with van der Waals surface area (Å²) in [4.78, 5) is 18.2. The lowest BCUT2D eigenvalue weighted by molar-refractivity contribution is -0.119. The van der Waals surface area contributed by atoms with Crippen LogP contribution in [0.25, 0.3) is 0 Å². The van der Waals surface area contributed by atoms with Crippen molar-refractivity contribution in [1.29, 1.82) is 0 Å². The number of nitrogens with zero attached hydrogens (tertiary/aromatic N) is 3. The van der Waals surface area contributed by atoms with Crippen molar-refractivity contribution in [3.05, 3.63) is 22.4 Å². The maximum absolute atomic E-state index is 11.8. The molecule has 1 aliphatic carbocycles. The van der Waals surface area contributed by atoms with Crippen molar-refractivity contribution in [2.75, 3.05) is 20.1 Å². The number of aliphatic imine (C=N–C) groups is 1. The van der Waals surface area contributed by atoms with Gasteiger partial charge >= 0.3 is 0 Å². The molecule has 1 heterocycles. The van der Waals surface area contributed by atoms with Gasteiger partial charge in [0.25, 0.3) is 0 Å². The Kier molecular flexibility index (Phi) is 5.88. The van der Waals surface area contributed by atoms with Crippen LogP contribution in [0.3, 0.4) is 0 Å². The molecule has 22 heavy (non-hydrogen) atoms. The van der Waals surface area contributed by atoms with Gasteiger partial charge in [0.05, 0.1) is 6.54 Å². The molecule has 2 rings (SSSR count). The van der Waals surface area contributed by atoms with Crippen molar-refractivity contribution in [1.82, 2.24) is 20.1 Å². The first kappa shape index (κ1) is 16.9. The third-order valence-electron chi connectivity index (χ3n) is 3.49. The third-order valence-corrected chi connectivity index (χ3v) is 3.92. The Morgan fingerprint density at radius 2 is 2.27 bits per heavy atom. The van der Waals surface area contributed by atoms with E-state index in [0.29, 0.717) is 6.04 Å². The summed E-state index contributed by atoms with van der Waals surface area (Å²) in [7, 11) is 3.99. The molecule has 0 spiro atoms. The van der Waals surface area contributed by atoms with Crippen LogP contribution in [0.4, 0.5) is 0 Å². The second-order valence-corrected chi connectivity index (χ2v) is 6.54. The van der Waals surface area contributed by atoms with E-state index in [1.807, 2.05) is 32.1 Å². The molecule has 6 nitrogen and oxygen atoms in total. The lowest BCUT2D eigenvalue weighted by atomic mass is 10.4. The van der Waals surface area contributed by atoms with E-state index in [2.05, 4.69) is 42.2 Å². The zero-order chi connectivity index (χ0) is 16.1. The van der Waals surface area contributed by atoms with Crippen molar-refractivity contribution in [3.63, 3.8) is 0 Å². The minimum Gasteiger partial charge on any atom is -0.357 e. The van der Waals surface area contributed by atoms with Gasteiger partial charge in [0.2, 0.25) is 5.91 Å². The Hall–Kier alpha value is -1.50. The molecule has 122 valence electrons. The van der Waals surface area contributed by atoms with Crippen LogP contribution in [0.2, 0.25) is 0 Å². The number of aryl methyl sites for hydroxylation is 1. The number of amides is 1. The molecule has 1 fully saturated rings. The summed E-state index contributed by atoms with van der Waals surface area (Å²) >= 11 is 3.48. The molecule has 0 saturated heterocycles. The van der Waals surface area contributed by atoms with Crippen LogP contribution < -0.4 is 10.6 Å². The number of rotatable bonds is 6. The van der Waals surface area contributed by atoms with Crippen molar-refractivity contribution < 1.29 is 4.79 Å². The number of halogens is 1. The van der Waals surface area contributed by atoms with Gasteiger partial charge in [-0.05, 0) is 41.8 Å². The predicted octanol–water partition coefficient (Wildman–Crippen LogP) is 1.46. The van der Waals surface area contributed by atoms with E-state index >= 15 is 0 Å². The Morgan fingerprint density at radius 3 is 2.82 bits per heavy atom. The summed E-state index contributed by atoms with van der Waals surface area (Å²) in [5.74, 6) is 0.735. The quantitative estimate of drug-likeness (QED) is 0.589. The average Bonchev–Trinajstić information content (AvgIpc) is 3.20. The lowest BCUT2D eigenvalue weighted by Gasteiger charge is -2.22. The Balaban J connectivity index is 1.95. The maximum Gasteiger partial charge on any atom is 0.242 e. The summed E-state index contributed by atoms with van der Waals surface area (Å²) in [5.41, 5.74) is 1.17. The van der Waals surface area contributed by atoms with Crippen LogP contribution in [0.5, 0.6) is 0 Å². The fourth-order valence-corrected chi connectivity index (χ4v) is 2.73. The van der Waals surface area contributed by atoms with Gasteiger partial charge < -0.3 is 20.1 Å². The second kappa shape index (κ2) is 7.67. The van der Waals surface area contributed by atoms with Gasteiger partial charge in [0.15, 0.2) is 5.96 Å². The molecular weight excluding hydrogens is 346 g/mol. The maximum atomic E-state index is 11.8. The Bertz CT molecular complexity index is 550. The minimum atomic E-state index is -0.00656. The molecule has 2 N–H and O–H groups in total. The van der Waals surface area contributed by atoms with E-state index in [1.54, 1.807) is 0 Å². The van der Waals surface area contributed by atoms with Gasteiger partial charge in [0, 0.05) is 43.0 Å². The van der Waals surface area contributed by atoms with E-state index in [9.17, 15) is 4.79 Å². The molecule has 0 aliphatic heterocycles. The molecule has 0 atom stereocenters. The van der Waals surface area contributed by atoms with Gasteiger partial charge in [-0.3, -0.25) is 4.79 Å². The first-order valence-corrected chi connectivity index (χ1v) is 8.38. The van der Waals surface area contributed by atoms with E-state index < -0.39 is 0 Å². The summed E-state index contributed by atoms with van der Waals surface area (Å²) < 4.78 is 3.13. The summed E-state index contributed by atoms with van der Waals surface area (Å²) in [6, 6.07) is 2.46. The van der Waals surface area contributed by atoms with Gasteiger partial charge in [-0.2, -0.15) is 0 Å². The molecule has 1 amide bonds. The third kappa shape index (κ3) is 5.05. The highest BCUT2D eigenvalue weighted by molar-refractivity contribution is 9.10. The first-order valence-electron chi connectivity index (χ1n) is 7.59. The van der Waals surface area contributed by atoms with Gasteiger partial charge in [0.1, 0.15) is 6.54 Å². The summed E-state index contributed by atoms with van der Waals surface area (Å²) in [6.45, 7) is 3.68. The number of carbonyl (C=O) groups is 1. The second-order valence-electron chi connectivity index (χ2n) is 5.63. The highest BCUT2D eigenvalue weighted by atomic mass is 79.9. The highest BCUT2D eigenvalue weighted by Gasteiger charge is 2.23. The molecular formula is C15H24BrN5O. The van der Waals surface area contributed by atoms with E-state index in [4.69, 9.17) is 0 Å². The summed E-state index contributed by atoms with van der Waals surface area (Å²) in [5, 5.41) is 6.18. The molecule has 1 aromatic rings. The smallest absolute Gasteiger partial charge is 0.242 e. The first-order chi connectivity index (χ1) is 10.5. The van der Waals surface area contributed by atoms with E-state index in [1.165, 1.54) is 5.69 Å². The minimum absolute atomic E-state index is 0.00656. The fraction of sp³-hybridized carbons (Fsp3) is 0.600. The monoisotopic (exact) mass is 369 g/mol. The topological polar surface area (TPSA) is 61.7 Å². The van der Waals surface area contributed by atoms with E-state index in [0.717, 1.165) is 36.4 Å². The molecule has 0 radical (unpaired) electrons. The molecule has 0 unspecified atom stereocenters. The Morgan fingerprint density at radius 1 is 1.55 bits per heavy atom. The van der Waals surface area contributed by atoms with Crippen molar-refractivity contribution in [3.8, 4) is 0 Å². The molecule has 7 heteroatoms. The highest BCUT2D eigenvalue weighted by Crippen LogP contribution is 2.18. The van der Waals surface area contributed by atoms with Crippen LogP contribution in [-0.2, 0) is 18.4 Å². The van der Waals surface area contributed by atoms with Crippen LogP contribution in [0.15, 0.2) is 21.7 Å². The normalized spacial score (nSPS) is 14.8. The number of carbonyl (C=O) groups excluding carboxylic acids is 1. The summed E-state index contributed by atoms with van der Waals surface area (Å²) in [6.07, 6.45) is 4.21. The largest absolute Gasteiger partial charge is 0.357 e.